The van der Waals surface area contributed by atoms with Crippen LogP contribution in [0.3, 0.4) is 0 Å². The van der Waals surface area contributed by atoms with Crippen molar-refractivity contribution in [2.45, 2.75) is 26.0 Å². The molecule has 0 aliphatic carbocycles. The largest absolute Gasteiger partial charge is 0.392 e. The van der Waals surface area contributed by atoms with Crippen LogP contribution in [0.5, 0.6) is 0 Å². The van der Waals surface area contributed by atoms with Crippen molar-refractivity contribution in [2.75, 3.05) is 31.1 Å². The number of hydrogen-bond acceptors (Lipinski definition) is 7. The second-order valence-electron chi connectivity index (χ2n) is 5.56. The van der Waals surface area contributed by atoms with Crippen molar-refractivity contribution in [3.05, 3.63) is 27.9 Å². The van der Waals surface area contributed by atoms with E-state index in [9.17, 15) is 15.2 Å². The second-order valence-corrected chi connectivity index (χ2v) is 5.56. The van der Waals surface area contributed by atoms with Crippen molar-refractivity contribution in [1.82, 2.24) is 9.88 Å². The summed E-state index contributed by atoms with van der Waals surface area (Å²) in [7, 11) is 0. The number of nitriles is 1. The average molecular weight is 305 g/mol. The summed E-state index contributed by atoms with van der Waals surface area (Å²) >= 11 is 0. The van der Waals surface area contributed by atoms with Crippen LogP contribution in [0, 0.1) is 21.4 Å². The molecule has 0 spiro atoms. The zero-order valence-corrected chi connectivity index (χ0v) is 12.6. The van der Waals surface area contributed by atoms with E-state index in [2.05, 4.69) is 9.88 Å². The molecule has 0 aromatic carbocycles. The number of rotatable bonds is 4. The quantitative estimate of drug-likeness (QED) is 0.646. The molecule has 1 fully saturated rings. The molecular formula is C14H19N5O3. The first kappa shape index (κ1) is 16.1. The third-order valence-electron chi connectivity index (χ3n) is 3.69. The standard InChI is InChI=1S/C14H19N5O3/c1-10-8-17(9-11(2)20)5-6-18(10)14-4-3-13(19(21)22)12(7-15)16-14/h3-4,10-11,20H,5-6,8-9H2,1-2H3. The lowest BCUT2D eigenvalue weighted by atomic mass is 10.1. The van der Waals surface area contributed by atoms with E-state index in [1.165, 1.54) is 6.07 Å². The number of β-amino-alcohol motifs (C(OH)–C–C–N with tert-alkyl or cyclic N) is 1. The third kappa shape index (κ3) is 3.50. The molecule has 2 rings (SSSR count). The lowest BCUT2D eigenvalue weighted by molar-refractivity contribution is -0.385. The van der Waals surface area contributed by atoms with Crippen molar-refractivity contribution < 1.29 is 10.0 Å². The lowest BCUT2D eigenvalue weighted by Crippen LogP contribution is -2.53. The molecule has 0 bridgehead atoms. The highest BCUT2D eigenvalue weighted by atomic mass is 16.6. The molecule has 1 aliphatic heterocycles. The van der Waals surface area contributed by atoms with Crippen LogP contribution in [0.15, 0.2) is 12.1 Å². The van der Waals surface area contributed by atoms with Crippen molar-refractivity contribution in [3.63, 3.8) is 0 Å². The first-order chi connectivity index (χ1) is 10.4. The van der Waals surface area contributed by atoms with Crippen LogP contribution in [-0.2, 0) is 0 Å². The maximum atomic E-state index is 10.8. The van der Waals surface area contributed by atoms with Gasteiger partial charge in [0.05, 0.1) is 11.0 Å². The molecule has 0 radical (unpaired) electrons. The Bertz CT molecular complexity index is 599. The van der Waals surface area contributed by atoms with Crippen LogP contribution >= 0.6 is 0 Å². The van der Waals surface area contributed by atoms with Crippen molar-refractivity contribution in [1.29, 1.82) is 5.26 Å². The Balaban J connectivity index is 2.16. The van der Waals surface area contributed by atoms with Gasteiger partial charge in [0, 0.05) is 38.3 Å². The van der Waals surface area contributed by atoms with Crippen LogP contribution in [0.1, 0.15) is 19.5 Å². The molecule has 1 N–H and O–H groups in total. The summed E-state index contributed by atoms with van der Waals surface area (Å²) in [5.74, 6) is 0.575. The monoisotopic (exact) mass is 305 g/mol. The molecule has 22 heavy (non-hydrogen) atoms. The Labute approximate surface area is 128 Å². The van der Waals surface area contributed by atoms with Gasteiger partial charge in [-0.3, -0.25) is 15.0 Å². The first-order valence-electron chi connectivity index (χ1n) is 7.15. The Morgan fingerprint density at radius 2 is 2.32 bits per heavy atom. The molecule has 0 amide bonds. The van der Waals surface area contributed by atoms with E-state index in [1.807, 2.05) is 11.8 Å². The number of aromatic nitrogens is 1. The molecule has 1 aliphatic rings. The van der Waals surface area contributed by atoms with Crippen LogP contribution in [-0.4, -0.2) is 58.2 Å². The first-order valence-corrected chi connectivity index (χ1v) is 7.15. The topological polar surface area (TPSA) is 107 Å². The SMILES string of the molecule is CC(O)CN1CCN(c2ccc([N+](=O)[O-])c(C#N)n2)C(C)C1. The normalized spacial score (nSPS) is 20.5. The molecule has 1 saturated heterocycles. The van der Waals surface area contributed by atoms with Crippen molar-refractivity contribution in [3.8, 4) is 6.07 Å². The number of hydrogen-bond donors (Lipinski definition) is 1. The fourth-order valence-corrected chi connectivity index (χ4v) is 2.74. The number of aliphatic hydroxyl groups excluding tert-OH is 1. The minimum absolute atomic E-state index is 0.146. The molecular weight excluding hydrogens is 286 g/mol. The number of nitrogens with zero attached hydrogens (tertiary/aromatic N) is 5. The van der Waals surface area contributed by atoms with Gasteiger partial charge in [0.2, 0.25) is 5.69 Å². The summed E-state index contributed by atoms with van der Waals surface area (Å²) in [5, 5.41) is 29.3. The van der Waals surface area contributed by atoms with Gasteiger partial charge >= 0.3 is 5.69 Å². The maximum Gasteiger partial charge on any atom is 0.305 e. The predicted octanol–water partition coefficient (Wildman–Crippen LogP) is 0.753. The van der Waals surface area contributed by atoms with E-state index >= 15 is 0 Å². The van der Waals surface area contributed by atoms with Gasteiger partial charge < -0.3 is 10.0 Å². The van der Waals surface area contributed by atoms with Gasteiger partial charge in [-0.15, -0.1) is 0 Å². The van der Waals surface area contributed by atoms with E-state index in [1.54, 1.807) is 19.1 Å². The summed E-state index contributed by atoms with van der Waals surface area (Å²) in [4.78, 5) is 18.6. The van der Waals surface area contributed by atoms with Crippen LogP contribution in [0.4, 0.5) is 11.5 Å². The van der Waals surface area contributed by atoms with Crippen LogP contribution in [0.2, 0.25) is 0 Å². The van der Waals surface area contributed by atoms with E-state index < -0.39 is 4.92 Å². The Morgan fingerprint density at radius 1 is 1.59 bits per heavy atom. The lowest BCUT2D eigenvalue weighted by Gasteiger charge is -2.41. The average Bonchev–Trinajstić information content (AvgIpc) is 2.46. The summed E-state index contributed by atoms with van der Waals surface area (Å²) in [5.41, 5.74) is -0.437. The molecule has 2 heterocycles. The van der Waals surface area contributed by atoms with E-state index in [4.69, 9.17) is 5.26 Å². The minimum Gasteiger partial charge on any atom is -0.392 e. The van der Waals surface area contributed by atoms with Gasteiger partial charge in [-0.2, -0.15) is 5.26 Å². The molecule has 8 nitrogen and oxygen atoms in total. The smallest absolute Gasteiger partial charge is 0.305 e. The Kier molecular flexibility index (Phi) is 4.90. The number of anilines is 1. The van der Waals surface area contributed by atoms with Gasteiger partial charge in [0.1, 0.15) is 11.9 Å². The van der Waals surface area contributed by atoms with Gasteiger partial charge in [-0.1, -0.05) is 0 Å². The molecule has 2 unspecified atom stereocenters. The number of piperazine rings is 1. The van der Waals surface area contributed by atoms with E-state index in [-0.39, 0.29) is 23.5 Å². The summed E-state index contributed by atoms with van der Waals surface area (Å²) in [6.07, 6.45) is -0.374. The number of aliphatic hydroxyl groups is 1. The zero-order valence-electron chi connectivity index (χ0n) is 12.6. The molecule has 1 aromatic rings. The number of pyridine rings is 1. The van der Waals surface area contributed by atoms with Crippen molar-refractivity contribution in [2.24, 2.45) is 0 Å². The maximum absolute atomic E-state index is 10.8. The summed E-state index contributed by atoms with van der Waals surface area (Å²) < 4.78 is 0. The van der Waals surface area contributed by atoms with Gasteiger partial charge in [-0.05, 0) is 19.9 Å². The predicted molar refractivity (Wildman–Crippen MR) is 80.5 cm³/mol. The highest BCUT2D eigenvalue weighted by molar-refractivity contribution is 5.52. The fraction of sp³-hybridized carbons (Fsp3) is 0.571. The Hall–Kier alpha value is -2.24. The third-order valence-corrected chi connectivity index (χ3v) is 3.69. The molecule has 1 aromatic heterocycles. The zero-order chi connectivity index (χ0) is 16.3. The minimum atomic E-state index is -0.598. The second kappa shape index (κ2) is 6.68. The van der Waals surface area contributed by atoms with Crippen LogP contribution in [0.25, 0.3) is 0 Å². The Morgan fingerprint density at radius 3 is 2.86 bits per heavy atom. The highest BCUT2D eigenvalue weighted by Gasteiger charge is 2.26. The van der Waals surface area contributed by atoms with Gasteiger partial charge in [0.15, 0.2) is 0 Å². The number of nitro groups is 1. The summed E-state index contributed by atoms with van der Waals surface area (Å²) in [6, 6.07) is 4.84. The highest BCUT2D eigenvalue weighted by Crippen LogP contribution is 2.23. The molecule has 0 saturated carbocycles. The molecule has 118 valence electrons. The van der Waals surface area contributed by atoms with Crippen molar-refractivity contribution >= 4 is 11.5 Å². The van der Waals surface area contributed by atoms with E-state index in [0.29, 0.717) is 18.9 Å². The van der Waals surface area contributed by atoms with Gasteiger partial charge in [0.25, 0.3) is 0 Å². The summed E-state index contributed by atoms with van der Waals surface area (Å²) in [6.45, 7) is 6.65. The van der Waals surface area contributed by atoms with Crippen LogP contribution < -0.4 is 4.90 Å². The fourth-order valence-electron chi connectivity index (χ4n) is 2.74. The molecule has 8 heteroatoms. The van der Waals surface area contributed by atoms with Gasteiger partial charge in [-0.25, -0.2) is 4.98 Å². The molecule has 2 atom stereocenters. The van der Waals surface area contributed by atoms with E-state index in [0.717, 1.165) is 13.1 Å².